The van der Waals surface area contributed by atoms with Gasteiger partial charge < -0.3 is 15.5 Å². The maximum absolute atomic E-state index is 12.2. The monoisotopic (exact) mass is 245 g/mol. The summed E-state index contributed by atoms with van der Waals surface area (Å²) in [5.41, 5.74) is 0.795. The average molecular weight is 245 g/mol. The van der Waals surface area contributed by atoms with Crippen LogP contribution in [0.1, 0.15) is 16.8 Å². The van der Waals surface area contributed by atoms with E-state index in [4.69, 9.17) is 0 Å². The van der Waals surface area contributed by atoms with Crippen LogP contribution < -0.4 is 10.6 Å². The second kappa shape index (κ2) is 5.08. The molecule has 0 spiro atoms. The fourth-order valence-corrected chi connectivity index (χ4v) is 2.58. The van der Waals surface area contributed by atoms with Crippen molar-refractivity contribution in [3.63, 3.8) is 0 Å². The first-order chi connectivity index (χ1) is 8.83. The van der Waals surface area contributed by atoms with Gasteiger partial charge in [-0.2, -0.15) is 0 Å². The Morgan fingerprint density at radius 1 is 1.22 bits per heavy atom. The van der Waals surface area contributed by atoms with Gasteiger partial charge in [0.25, 0.3) is 5.91 Å². The van der Waals surface area contributed by atoms with Gasteiger partial charge in [0.15, 0.2) is 0 Å². The van der Waals surface area contributed by atoms with Gasteiger partial charge in [0.1, 0.15) is 0 Å². The number of likely N-dealkylation sites (tertiary alicyclic amines) is 1. The highest BCUT2D eigenvalue weighted by molar-refractivity contribution is 5.94. The molecule has 3 rings (SSSR count). The fraction of sp³-hybridized carbons (Fsp3) is 0.500. The van der Waals surface area contributed by atoms with Gasteiger partial charge in [-0.1, -0.05) is 18.2 Å². The van der Waals surface area contributed by atoms with Gasteiger partial charge in [-0.15, -0.1) is 0 Å². The molecule has 2 heterocycles. The maximum Gasteiger partial charge on any atom is 0.253 e. The third-order valence-electron chi connectivity index (χ3n) is 3.75. The highest BCUT2D eigenvalue weighted by Gasteiger charge is 2.29. The smallest absolute Gasteiger partial charge is 0.253 e. The van der Waals surface area contributed by atoms with Gasteiger partial charge in [-0.25, -0.2) is 0 Å². The van der Waals surface area contributed by atoms with Gasteiger partial charge in [-0.3, -0.25) is 4.79 Å². The highest BCUT2D eigenvalue weighted by atomic mass is 16.2. The van der Waals surface area contributed by atoms with Crippen molar-refractivity contribution in [1.29, 1.82) is 0 Å². The van der Waals surface area contributed by atoms with Gasteiger partial charge in [0, 0.05) is 43.8 Å². The summed E-state index contributed by atoms with van der Waals surface area (Å²) in [4.78, 5) is 14.2. The van der Waals surface area contributed by atoms with E-state index in [1.165, 1.54) is 0 Å². The molecule has 2 aliphatic rings. The number of amides is 1. The Hall–Kier alpha value is -1.39. The lowest BCUT2D eigenvalue weighted by molar-refractivity contribution is 0.0788. The van der Waals surface area contributed by atoms with Crippen LogP contribution in [0, 0.1) is 0 Å². The van der Waals surface area contributed by atoms with E-state index in [2.05, 4.69) is 10.6 Å². The van der Waals surface area contributed by atoms with Crippen molar-refractivity contribution < 1.29 is 4.79 Å². The summed E-state index contributed by atoms with van der Waals surface area (Å²) in [5.74, 6) is 0.159. The van der Waals surface area contributed by atoms with Crippen molar-refractivity contribution in [2.24, 2.45) is 0 Å². The minimum atomic E-state index is 0.159. The third kappa shape index (κ3) is 2.40. The zero-order valence-corrected chi connectivity index (χ0v) is 10.4. The number of hydrogen-bond acceptors (Lipinski definition) is 3. The van der Waals surface area contributed by atoms with Gasteiger partial charge >= 0.3 is 0 Å². The molecule has 4 nitrogen and oxygen atoms in total. The maximum atomic E-state index is 12.2. The molecule has 2 N–H and O–H groups in total. The Labute approximate surface area is 107 Å². The van der Waals surface area contributed by atoms with Crippen molar-refractivity contribution >= 4 is 5.91 Å². The fourth-order valence-electron chi connectivity index (χ4n) is 2.58. The number of carbonyl (C=O) groups excluding carboxylic acids is 1. The molecule has 0 bridgehead atoms. The molecule has 2 aliphatic heterocycles. The van der Waals surface area contributed by atoms with Crippen LogP contribution in [0.25, 0.3) is 0 Å². The lowest BCUT2D eigenvalue weighted by Gasteiger charge is -2.31. The van der Waals surface area contributed by atoms with Crippen LogP contribution in [-0.2, 0) is 0 Å². The normalized spacial score (nSPS) is 24.0. The molecule has 0 aromatic heterocycles. The molecule has 0 saturated carbocycles. The molecule has 1 atom stereocenters. The number of benzene rings is 1. The number of carbonyl (C=O) groups is 1. The lowest BCUT2D eigenvalue weighted by atomic mass is 10.1. The van der Waals surface area contributed by atoms with Gasteiger partial charge in [-0.05, 0) is 18.6 Å². The van der Waals surface area contributed by atoms with Gasteiger partial charge in [0.2, 0.25) is 0 Å². The zero-order valence-electron chi connectivity index (χ0n) is 10.4. The molecule has 0 radical (unpaired) electrons. The molecule has 18 heavy (non-hydrogen) atoms. The van der Waals surface area contributed by atoms with Crippen molar-refractivity contribution in [2.75, 3.05) is 26.2 Å². The number of nitrogens with one attached hydrogen (secondary N) is 2. The Morgan fingerprint density at radius 2 is 2.00 bits per heavy atom. The molecule has 4 heteroatoms. The molecule has 1 aromatic carbocycles. The van der Waals surface area contributed by atoms with E-state index in [0.29, 0.717) is 12.1 Å². The predicted octanol–water partition coefficient (Wildman–Crippen LogP) is 0.462. The van der Waals surface area contributed by atoms with E-state index in [0.717, 1.165) is 38.2 Å². The second-order valence-electron chi connectivity index (χ2n) is 5.12. The Bertz CT molecular complexity index is 416. The third-order valence-corrected chi connectivity index (χ3v) is 3.75. The summed E-state index contributed by atoms with van der Waals surface area (Å²) >= 11 is 0. The van der Waals surface area contributed by atoms with E-state index >= 15 is 0 Å². The topological polar surface area (TPSA) is 44.4 Å². The van der Waals surface area contributed by atoms with Crippen LogP contribution in [0.5, 0.6) is 0 Å². The van der Waals surface area contributed by atoms with Crippen molar-refractivity contribution in [3.8, 4) is 0 Å². The first kappa shape index (κ1) is 11.7. The minimum Gasteiger partial charge on any atom is -0.337 e. The number of nitrogens with zero attached hydrogens (tertiary/aromatic N) is 1. The quantitative estimate of drug-likeness (QED) is 0.813. The predicted molar refractivity (Wildman–Crippen MR) is 70.5 cm³/mol. The summed E-state index contributed by atoms with van der Waals surface area (Å²) in [6.07, 6.45) is 1.06. The van der Waals surface area contributed by atoms with E-state index in [9.17, 15) is 4.79 Å². The van der Waals surface area contributed by atoms with E-state index in [1.807, 2.05) is 35.2 Å². The summed E-state index contributed by atoms with van der Waals surface area (Å²) < 4.78 is 0. The Morgan fingerprint density at radius 3 is 2.67 bits per heavy atom. The minimum absolute atomic E-state index is 0.159. The lowest BCUT2D eigenvalue weighted by Crippen LogP contribution is -2.58. The van der Waals surface area contributed by atoms with E-state index in [1.54, 1.807) is 0 Å². The second-order valence-corrected chi connectivity index (χ2v) is 5.12. The zero-order chi connectivity index (χ0) is 12.4. The Kier molecular flexibility index (Phi) is 3.30. The van der Waals surface area contributed by atoms with Crippen LogP contribution in [0.2, 0.25) is 0 Å². The van der Waals surface area contributed by atoms with Crippen molar-refractivity contribution in [2.45, 2.75) is 18.5 Å². The summed E-state index contributed by atoms with van der Waals surface area (Å²) in [5, 5.41) is 6.85. The standard InChI is InChI=1S/C14H19N3O/c18-14(11-4-2-1-3-5-11)17-7-6-12(10-17)16-13-8-15-9-13/h1-5,12-13,15-16H,6-10H2. The molecular formula is C14H19N3O. The van der Waals surface area contributed by atoms with Crippen LogP contribution in [0.3, 0.4) is 0 Å². The van der Waals surface area contributed by atoms with Crippen LogP contribution in [0.4, 0.5) is 0 Å². The van der Waals surface area contributed by atoms with E-state index < -0.39 is 0 Å². The molecular weight excluding hydrogens is 226 g/mol. The number of hydrogen-bond donors (Lipinski definition) is 2. The summed E-state index contributed by atoms with van der Waals surface area (Å²) in [6, 6.07) is 10.6. The molecule has 1 aromatic rings. The van der Waals surface area contributed by atoms with Gasteiger partial charge in [0.05, 0.1) is 0 Å². The summed E-state index contributed by atoms with van der Waals surface area (Å²) in [6.45, 7) is 3.82. The highest BCUT2D eigenvalue weighted by Crippen LogP contribution is 2.14. The number of rotatable bonds is 3. The summed E-state index contributed by atoms with van der Waals surface area (Å²) in [7, 11) is 0. The molecule has 96 valence electrons. The Balaban J connectivity index is 1.56. The van der Waals surface area contributed by atoms with Crippen LogP contribution >= 0.6 is 0 Å². The molecule has 0 aliphatic carbocycles. The first-order valence-electron chi connectivity index (χ1n) is 6.64. The average Bonchev–Trinajstić information content (AvgIpc) is 2.83. The SMILES string of the molecule is O=C(c1ccccc1)N1CCC(NC2CNC2)C1. The molecule has 2 saturated heterocycles. The van der Waals surface area contributed by atoms with E-state index in [-0.39, 0.29) is 5.91 Å². The first-order valence-corrected chi connectivity index (χ1v) is 6.64. The van der Waals surface area contributed by atoms with Crippen molar-refractivity contribution in [3.05, 3.63) is 35.9 Å². The van der Waals surface area contributed by atoms with Crippen molar-refractivity contribution in [1.82, 2.24) is 15.5 Å². The molecule has 1 amide bonds. The van der Waals surface area contributed by atoms with Crippen LogP contribution in [0.15, 0.2) is 30.3 Å². The van der Waals surface area contributed by atoms with Crippen LogP contribution in [-0.4, -0.2) is 49.1 Å². The molecule has 1 unspecified atom stereocenters. The largest absolute Gasteiger partial charge is 0.337 e. The molecule has 2 fully saturated rings.